The van der Waals surface area contributed by atoms with E-state index in [1.807, 2.05) is 0 Å². The minimum atomic E-state index is 0.161. The van der Waals surface area contributed by atoms with Crippen LogP contribution >= 0.6 is 0 Å². The number of morpholine rings is 1. The van der Waals surface area contributed by atoms with Crippen molar-refractivity contribution in [2.45, 2.75) is 39.9 Å². The Bertz CT molecular complexity index is 440. The number of nitrogens with zero attached hydrogens (tertiary/aromatic N) is 5. The van der Waals surface area contributed by atoms with E-state index < -0.39 is 0 Å². The van der Waals surface area contributed by atoms with Crippen molar-refractivity contribution in [1.29, 1.82) is 0 Å². The summed E-state index contributed by atoms with van der Waals surface area (Å²) >= 11 is 0. The fraction of sp³-hybridized carbons (Fsp3) is 0.769. The van der Waals surface area contributed by atoms with Crippen LogP contribution < -0.4 is 15.5 Å². The zero-order chi connectivity index (χ0) is 14.7. The third kappa shape index (κ3) is 3.27. The van der Waals surface area contributed by atoms with Crippen LogP contribution in [0.15, 0.2) is 0 Å². The molecule has 2 rings (SSSR count). The molecule has 1 fully saturated rings. The molecule has 0 bridgehead atoms. The quantitative estimate of drug-likeness (QED) is 0.878. The summed E-state index contributed by atoms with van der Waals surface area (Å²) in [6.45, 7) is 11.5. The van der Waals surface area contributed by atoms with Crippen molar-refractivity contribution in [3.05, 3.63) is 0 Å². The Hall–Kier alpha value is -1.63. The molecule has 7 heteroatoms. The fourth-order valence-electron chi connectivity index (χ4n) is 2.50. The lowest BCUT2D eigenvalue weighted by Crippen LogP contribution is -2.46. The maximum Gasteiger partial charge on any atom is 0.232 e. The number of hydrogen-bond acceptors (Lipinski definition) is 7. The van der Waals surface area contributed by atoms with Gasteiger partial charge in [-0.05, 0) is 27.7 Å². The van der Waals surface area contributed by atoms with E-state index in [9.17, 15) is 0 Å². The van der Waals surface area contributed by atoms with E-state index >= 15 is 0 Å². The van der Waals surface area contributed by atoms with Crippen molar-refractivity contribution >= 4 is 17.8 Å². The lowest BCUT2D eigenvalue weighted by atomic mass is 10.2. The summed E-state index contributed by atoms with van der Waals surface area (Å²) in [6.07, 6.45) is 0.322. The van der Waals surface area contributed by atoms with Crippen LogP contribution in [0.2, 0.25) is 0 Å². The second-order valence-corrected chi connectivity index (χ2v) is 5.13. The molecule has 0 aliphatic carbocycles. The topological polar surface area (TPSA) is 80.4 Å². The molecule has 0 amide bonds. The van der Waals surface area contributed by atoms with Gasteiger partial charge in [-0.2, -0.15) is 15.0 Å². The van der Waals surface area contributed by atoms with Crippen molar-refractivity contribution in [1.82, 2.24) is 15.0 Å². The average Bonchev–Trinajstić information content (AvgIpc) is 2.38. The summed E-state index contributed by atoms with van der Waals surface area (Å²) in [6, 6.07) is 0. The third-order valence-electron chi connectivity index (χ3n) is 3.38. The van der Waals surface area contributed by atoms with Crippen molar-refractivity contribution < 1.29 is 4.74 Å². The van der Waals surface area contributed by atoms with E-state index in [4.69, 9.17) is 10.5 Å². The molecule has 0 spiro atoms. The SMILES string of the molecule is CCN(CC)c1nc(N)nc(N2CC(C)OC(C)C2)n1. The maximum atomic E-state index is 5.84. The smallest absolute Gasteiger partial charge is 0.232 e. The molecule has 0 aromatic carbocycles. The van der Waals surface area contributed by atoms with Gasteiger partial charge in [-0.25, -0.2) is 0 Å². The summed E-state index contributed by atoms with van der Waals surface area (Å²) in [5.74, 6) is 1.55. The minimum Gasteiger partial charge on any atom is -0.372 e. The first-order valence-electron chi connectivity index (χ1n) is 7.20. The molecule has 1 aliphatic heterocycles. The van der Waals surface area contributed by atoms with Crippen LogP contribution in [0.25, 0.3) is 0 Å². The van der Waals surface area contributed by atoms with Gasteiger partial charge in [-0.15, -0.1) is 0 Å². The molecular weight excluding hydrogens is 256 g/mol. The zero-order valence-electron chi connectivity index (χ0n) is 12.7. The summed E-state index contributed by atoms with van der Waals surface area (Å²) in [5.41, 5.74) is 5.84. The number of nitrogen functional groups attached to an aromatic ring is 1. The van der Waals surface area contributed by atoms with Crippen molar-refractivity contribution in [3.8, 4) is 0 Å². The summed E-state index contributed by atoms with van der Waals surface area (Å²) < 4.78 is 5.73. The average molecular weight is 280 g/mol. The van der Waals surface area contributed by atoms with Gasteiger partial charge in [0.15, 0.2) is 0 Å². The second-order valence-electron chi connectivity index (χ2n) is 5.13. The Morgan fingerprint density at radius 2 is 1.75 bits per heavy atom. The van der Waals surface area contributed by atoms with Gasteiger partial charge < -0.3 is 20.3 Å². The molecule has 2 unspecified atom stereocenters. The minimum absolute atomic E-state index is 0.161. The fourth-order valence-corrected chi connectivity index (χ4v) is 2.50. The van der Waals surface area contributed by atoms with E-state index in [0.29, 0.717) is 11.9 Å². The van der Waals surface area contributed by atoms with Crippen LogP contribution in [0.1, 0.15) is 27.7 Å². The van der Waals surface area contributed by atoms with Gasteiger partial charge in [0.25, 0.3) is 0 Å². The molecule has 20 heavy (non-hydrogen) atoms. The standard InChI is InChI=1S/C13H24N6O/c1-5-18(6-2)12-15-11(14)16-13(17-12)19-7-9(3)20-10(4)8-19/h9-10H,5-8H2,1-4H3,(H2,14,15,16,17). The van der Waals surface area contributed by atoms with E-state index in [1.54, 1.807) is 0 Å². The first kappa shape index (κ1) is 14.8. The highest BCUT2D eigenvalue weighted by molar-refractivity contribution is 5.43. The molecule has 2 N–H and O–H groups in total. The Morgan fingerprint density at radius 3 is 2.30 bits per heavy atom. The largest absolute Gasteiger partial charge is 0.372 e. The van der Waals surface area contributed by atoms with E-state index in [1.165, 1.54) is 0 Å². The van der Waals surface area contributed by atoms with Gasteiger partial charge in [0.2, 0.25) is 17.8 Å². The number of aromatic nitrogens is 3. The van der Waals surface area contributed by atoms with E-state index in [2.05, 4.69) is 52.4 Å². The zero-order valence-corrected chi connectivity index (χ0v) is 12.7. The lowest BCUT2D eigenvalue weighted by molar-refractivity contribution is -0.00572. The summed E-state index contributed by atoms with van der Waals surface area (Å²) in [5, 5.41) is 0. The number of hydrogen-bond donors (Lipinski definition) is 1. The summed E-state index contributed by atoms with van der Waals surface area (Å²) in [7, 11) is 0. The Kier molecular flexibility index (Phi) is 4.59. The van der Waals surface area contributed by atoms with Gasteiger partial charge >= 0.3 is 0 Å². The molecule has 1 saturated heterocycles. The first-order valence-corrected chi connectivity index (χ1v) is 7.20. The van der Waals surface area contributed by atoms with Gasteiger partial charge in [0.1, 0.15) is 0 Å². The maximum absolute atomic E-state index is 5.84. The van der Waals surface area contributed by atoms with Gasteiger partial charge in [-0.1, -0.05) is 0 Å². The monoisotopic (exact) mass is 280 g/mol. The van der Waals surface area contributed by atoms with Crippen LogP contribution in [-0.2, 0) is 4.74 Å². The van der Waals surface area contributed by atoms with Crippen LogP contribution in [0.3, 0.4) is 0 Å². The third-order valence-corrected chi connectivity index (χ3v) is 3.38. The van der Waals surface area contributed by atoms with Crippen LogP contribution in [0.4, 0.5) is 17.8 Å². The molecule has 2 heterocycles. The molecule has 2 atom stereocenters. The van der Waals surface area contributed by atoms with Crippen LogP contribution in [-0.4, -0.2) is 53.3 Å². The Balaban J connectivity index is 2.27. The highest BCUT2D eigenvalue weighted by Crippen LogP contribution is 2.19. The van der Waals surface area contributed by atoms with Crippen LogP contribution in [0, 0.1) is 0 Å². The number of nitrogens with two attached hydrogens (primary N) is 1. The highest BCUT2D eigenvalue weighted by Gasteiger charge is 2.25. The molecule has 7 nitrogen and oxygen atoms in total. The van der Waals surface area contributed by atoms with Crippen LogP contribution in [0.5, 0.6) is 0 Å². The molecule has 0 saturated carbocycles. The van der Waals surface area contributed by atoms with Gasteiger partial charge in [0.05, 0.1) is 12.2 Å². The van der Waals surface area contributed by atoms with E-state index in [-0.39, 0.29) is 18.2 Å². The Labute approximate surface area is 120 Å². The van der Waals surface area contributed by atoms with Gasteiger partial charge in [-0.3, -0.25) is 0 Å². The predicted molar refractivity (Wildman–Crippen MR) is 80.0 cm³/mol. The normalized spacial score (nSPS) is 22.9. The van der Waals surface area contributed by atoms with E-state index in [0.717, 1.165) is 26.2 Å². The first-order chi connectivity index (χ1) is 9.53. The van der Waals surface area contributed by atoms with Crippen molar-refractivity contribution in [2.75, 3.05) is 41.7 Å². The molecule has 112 valence electrons. The molecule has 1 aliphatic rings. The highest BCUT2D eigenvalue weighted by atomic mass is 16.5. The lowest BCUT2D eigenvalue weighted by Gasteiger charge is -2.35. The van der Waals surface area contributed by atoms with Gasteiger partial charge in [0, 0.05) is 26.2 Å². The number of anilines is 3. The van der Waals surface area contributed by atoms with Crippen molar-refractivity contribution in [2.24, 2.45) is 0 Å². The molecule has 1 aromatic heterocycles. The number of ether oxygens (including phenoxy) is 1. The Morgan fingerprint density at radius 1 is 1.15 bits per heavy atom. The van der Waals surface area contributed by atoms with Crippen molar-refractivity contribution in [3.63, 3.8) is 0 Å². The molecule has 1 aromatic rings. The second kappa shape index (κ2) is 6.21. The predicted octanol–water partition coefficient (Wildman–Crippen LogP) is 0.914. The number of rotatable bonds is 4. The summed E-state index contributed by atoms with van der Waals surface area (Å²) in [4.78, 5) is 17.3. The molecule has 0 radical (unpaired) electrons. The molecular formula is C13H24N6O.